The number of amides is 1. The lowest BCUT2D eigenvalue weighted by Crippen LogP contribution is -2.25. The molecule has 2 heterocycles. The van der Waals surface area contributed by atoms with Gasteiger partial charge in [-0.25, -0.2) is 0 Å². The van der Waals surface area contributed by atoms with Crippen molar-refractivity contribution in [2.45, 2.75) is 20.4 Å². The first-order chi connectivity index (χ1) is 14.4. The van der Waals surface area contributed by atoms with Gasteiger partial charge in [-0.3, -0.25) is 14.9 Å². The predicted molar refractivity (Wildman–Crippen MR) is 114 cm³/mol. The maximum Gasteiger partial charge on any atom is 0.270 e. The summed E-state index contributed by atoms with van der Waals surface area (Å²) >= 11 is 0. The van der Waals surface area contributed by atoms with Crippen LogP contribution in [0, 0.1) is 35.3 Å². The molecule has 1 aromatic heterocycles. The zero-order valence-electron chi connectivity index (χ0n) is 16.5. The smallest absolute Gasteiger partial charge is 0.270 e. The van der Waals surface area contributed by atoms with E-state index >= 15 is 0 Å². The molecule has 0 saturated carbocycles. The van der Waals surface area contributed by atoms with Crippen LogP contribution in [0.5, 0.6) is 0 Å². The molecule has 3 aromatic rings. The Bertz CT molecular complexity index is 1250. The summed E-state index contributed by atoms with van der Waals surface area (Å²) in [5, 5.41) is 20.3. The minimum Gasteiger partial charge on any atom is -0.359 e. The number of nitriles is 1. The Labute approximate surface area is 173 Å². The number of nitro benzene ring substituents is 1. The molecule has 0 radical (unpaired) electrons. The quantitative estimate of drug-likeness (QED) is 0.397. The number of fused-ring (bicyclic) bond motifs is 1. The van der Waals surface area contributed by atoms with Gasteiger partial charge in [0.05, 0.1) is 34.4 Å². The van der Waals surface area contributed by atoms with Crippen LogP contribution in [-0.4, -0.2) is 15.8 Å². The van der Waals surface area contributed by atoms with Gasteiger partial charge in [0.25, 0.3) is 11.6 Å². The van der Waals surface area contributed by atoms with Crippen LogP contribution in [0.25, 0.3) is 11.6 Å². The third-order valence-corrected chi connectivity index (χ3v) is 5.15. The number of aromatic nitrogens is 1. The Balaban J connectivity index is 1.80. The van der Waals surface area contributed by atoms with Crippen LogP contribution in [0.4, 0.5) is 11.4 Å². The van der Waals surface area contributed by atoms with E-state index in [1.165, 1.54) is 12.1 Å². The second-order valence-corrected chi connectivity index (χ2v) is 7.27. The normalized spacial score (nSPS) is 14.1. The highest BCUT2D eigenvalue weighted by Crippen LogP contribution is 2.40. The Morgan fingerprint density at radius 1 is 1.17 bits per heavy atom. The van der Waals surface area contributed by atoms with E-state index in [1.54, 1.807) is 41.3 Å². The van der Waals surface area contributed by atoms with Crippen LogP contribution >= 0.6 is 0 Å². The summed E-state index contributed by atoms with van der Waals surface area (Å²) in [4.78, 5) is 29.0. The van der Waals surface area contributed by atoms with E-state index in [4.69, 9.17) is 5.26 Å². The number of hydrogen-bond acceptors (Lipinski definition) is 4. The molecule has 1 aliphatic rings. The molecule has 2 aromatic carbocycles. The topological polar surface area (TPSA) is 103 Å². The van der Waals surface area contributed by atoms with E-state index in [0.717, 1.165) is 22.5 Å². The van der Waals surface area contributed by atoms with Crippen molar-refractivity contribution in [3.63, 3.8) is 0 Å². The fraction of sp³-hybridized carbons (Fsp3) is 0.130. The van der Waals surface area contributed by atoms with Crippen molar-refractivity contribution >= 4 is 28.9 Å². The van der Waals surface area contributed by atoms with Gasteiger partial charge < -0.3 is 9.88 Å². The van der Waals surface area contributed by atoms with Crippen molar-refractivity contribution in [3.8, 4) is 6.07 Å². The number of non-ortho nitro benzene ring substituents is 1. The lowest BCUT2D eigenvalue weighted by molar-refractivity contribution is -0.384. The molecule has 148 valence electrons. The van der Waals surface area contributed by atoms with Crippen LogP contribution in [0.15, 0.2) is 48.5 Å². The van der Waals surface area contributed by atoms with Crippen LogP contribution < -0.4 is 4.90 Å². The third-order valence-electron chi connectivity index (χ3n) is 5.15. The average Bonchev–Trinajstić information content (AvgIpc) is 3.18. The predicted octanol–water partition coefficient (Wildman–Crippen LogP) is 4.50. The lowest BCUT2D eigenvalue weighted by atomic mass is 10.0. The molecule has 1 N–H and O–H groups in total. The zero-order valence-corrected chi connectivity index (χ0v) is 16.5. The number of nitrogens with one attached hydrogen (secondary N) is 1. The van der Waals surface area contributed by atoms with Gasteiger partial charge in [-0.2, -0.15) is 5.26 Å². The van der Waals surface area contributed by atoms with E-state index in [0.29, 0.717) is 28.9 Å². The average molecular weight is 398 g/mol. The van der Waals surface area contributed by atoms with Gasteiger partial charge in [-0.1, -0.05) is 12.1 Å². The fourth-order valence-corrected chi connectivity index (χ4v) is 3.67. The molecule has 0 atom stereocenters. The van der Waals surface area contributed by atoms with Gasteiger partial charge >= 0.3 is 0 Å². The van der Waals surface area contributed by atoms with Crippen LogP contribution in [0.1, 0.15) is 33.6 Å². The van der Waals surface area contributed by atoms with Gasteiger partial charge in [0.2, 0.25) is 0 Å². The number of aryl methyl sites for hydroxylation is 2. The van der Waals surface area contributed by atoms with E-state index in [9.17, 15) is 14.9 Å². The molecule has 0 spiro atoms. The minimum absolute atomic E-state index is 0.0629. The number of benzene rings is 2. The maximum absolute atomic E-state index is 13.3. The SMILES string of the molecule is Cc1cc(C)c(C=C2C(=O)N(Cc3ccc(C#N)cc3)c3ccc([N+](=O)[O-])cc32)[nH]1. The molecule has 0 aliphatic carbocycles. The van der Waals surface area contributed by atoms with Gasteiger partial charge in [0.1, 0.15) is 0 Å². The van der Waals surface area contributed by atoms with Crippen LogP contribution in [-0.2, 0) is 11.3 Å². The number of anilines is 1. The minimum atomic E-state index is -0.463. The lowest BCUT2D eigenvalue weighted by Gasteiger charge is -2.17. The number of nitro groups is 1. The number of hydrogen-bond donors (Lipinski definition) is 1. The molecule has 0 saturated heterocycles. The number of aromatic amines is 1. The molecule has 7 nitrogen and oxygen atoms in total. The molecule has 1 amide bonds. The highest BCUT2D eigenvalue weighted by molar-refractivity contribution is 6.35. The van der Waals surface area contributed by atoms with Crippen LogP contribution in [0.3, 0.4) is 0 Å². The molecule has 0 bridgehead atoms. The number of rotatable bonds is 4. The summed E-state index contributed by atoms with van der Waals surface area (Å²) in [6.45, 7) is 4.18. The number of nitrogens with zero attached hydrogens (tertiary/aromatic N) is 3. The fourth-order valence-electron chi connectivity index (χ4n) is 3.67. The van der Waals surface area contributed by atoms with E-state index in [2.05, 4.69) is 11.1 Å². The van der Waals surface area contributed by atoms with Crippen molar-refractivity contribution in [2.24, 2.45) is 0 Å². The Kier molecular flexibility index (Phi) is 4.68. The second kappa shape index (κ2) is 7.33. The summed E-state index contributed by atoms with van der Waals surface area (Å²) in [6, 6.07) is 15.5. The zero-order chi connectivity index (χ0) is 21.4. The first-order valence-corrected chi connectivity index (χ1v) is 9.35. The molecular formula is C23H18N4O3. The molecule has 0 unspecified atom stereocenters. The van der Waals surface area contributed by atoms with Gasteiger partial charge in [-0.05, 0) is 55.3 Å². The van der Waals surface area contributed by atoms with Crippen LogP contribution in [0.2, 0.25) is 0 Å². The largest absolute Gasteiger partial charge is 0.359 e. The van der Waals surface area contributed by atoms with E-state index in [-0.39, 0.29) is 11.6 Å². The van der Waals surface area contributed by atoms with E-state index in [1.807, 2.05) is 19.9 Å². The summed E-state index contributed by atoms with van der Waals surface area (Å²) in [6.07, 6.45) is 1.76. The monoisotopic (exact) mass is 398 g/mol. The Hall–Kier alpha value is -4.18. The number of H-pyrrole nitrogens is 1. The summed E-state index contributed by atoms with van der Waals surface area (Å²) in [5.74, 6) is -0.221. The summed E-state index contributed by atoms with van der Waals surface area (Å²) in [7, 11) is 0. The molecule has 30 heavy (non-hydrogen) atoms. The molecule has 1 aliphatic heterocycles. The maximum atomic E-state index is 13.3. The first-order valence-electron chi connectivity index (χ1n) is 9.35. The molecule has 0 fully saturated rings. The second-order valence-electron chi connectivity index (χ2n) is 7.27. The number of carbonyl (C=O) groups is 1. The highest BCUT2D eigenvalue weighted by atomic mass is 16.6. The van der Waals surface area contributed by atoms with Gasteiger partial charge in [0.15, 0.2) is 0 Å². The van der Waals surface area contributed by atoms with Crippen molar-refractivity contribution in [1.82, 2.24) is 4.98 Å². The first kappa shape index (κ1) is 19.2. The number of carbonyl (C=O) groups excluding carboxylic acids is 1. The van der Waals surface area contributed by atoms with Crippen molar-refractivity contribution < 1.29 is 9.72 Å². The Morgan fingerprint density at radius 3 is 2.50 bits per heavy atom. The summed E-state index contributed by atoms with van der Waals surface area (Å²) < 4.78 is 0. The van der Waals surface area contributed by atoms with Gasteiger partial charge in [0, 0.05) is 29.1 Å². The van der Waals surface area contributed by atoms with Crippen molar-refractivity contribution in [2.75, 3.05) is 4.90 Å². The Morgan fingerprint density at radius 2 is 1.90 bits per heavy atom. The van der Waals surface area contributed by atoms with Crippen molar-refractivity contribution in [3.05, 3.63) is 92.3 Å². The van der Waals surface area contributed by atoms with E-state index < -0.39 is 4.92 Å². The third kappa shape index (κ3) is 3.35. The van der Waals surface area contributed by atoms with Crippen molar-refractivity contribution in [1.29, 1.82) is 5.26 Å². The summed E-state index contributed by atoms with van der Waals surface area (Å²) in [5.41, 5.74) is 5.67. The standard InChI is InChI=1S/C23H18N4O3/c1-14-9-15(2)25-21(14)11-20-19-10-18(27(29)30)7-8-22(19)26(23(20)28)13-17-5-3-16(12-24)4-6-17/h3-11,25H,13H2,1-2H3. The highest BCUT2D eigenvalue weighted by Gasteiger charge is 2.34. The van der Waals surface area contributed by atoms with Gasteiger partial charge in [-0.15, -0.1) is 0 Å². The molecule has 4 rings (SSSR count). The molecular weight excluding hydrogens is 380 g/mol. The molecule has 7 heteroatoms.